The number of carbonyl (C=O) groups is 1. The van der Waals surface area contributed by atoms with Gasteiger partial charge in [0.05, 0.1) is 32.3 Å². The van der Waals surface area contributed by atoms with E-state index in [-0.39, 0.29) is 11.9 Å². The second-order valence-corrected chi connectivity index (χ2v) is 5.48. The predicted molar refractivity (Wildman–Crippen MR) is 77.5 cm³/mol. The van der Waals surface area contributed by atoms with Crippen molar-refractivity contribution in [1.29, 1.82) is 0 Å². The molecule has 20 heavy (non-hydrogen) atoms. The average Bonchev–Trinajstić information content (AvgIpc) is 2.46. The molecule has 4 heteroatoms. The molecule has 0 bridgehead atoms. The number of benzene rings is 1. The molecule has 0 radical (unpaired) electrons. The summed E-state index contributed by atoms with van der Waals surface area (Å²) in [4.78, 5) is 13.6. The van der Waals surface area contributed by atoms with E-state index >= 15 is 0 Å². The number of morpholine rings is 1. The first kappa shape index (κ1) is 15.0. The van der Waals surface area contributed by atoms with Crippen LogP contribution in [0.25, 0.3) is 0 Å². The van der Waals surface area contributed by atoms with Crippen LogP contribution in [-0.2, 0) is 4.74 Å². The lowest BCUT2D eigenvalue weighted by Crippen LogP contribution is -3.14. The number of hydrogen-bond donors (Lipinski definition) is 1. The van der Waals surface area contributed by atoms with Gasteiger partial charge in [-0.2, -0.15) is 0 Å². The highest BCUT2D eigenvalue weighted by Crippen LogP contribution is 2.14. The first-order chi connectivity index (χ1) is 9.65. The highest BCUT2D eigenvalue weighted by Gasteiger charge is 2.16. The monoisotopic (exact) mass is 278 g/mol. The van der Waals surface area contributed by atoms with Crippen LogP contribution in [-0.4, -0.2) is 44.7 Å². The van der Waals surface area contributed by atoms with Crippen LogP contribution in [0, 0.1) is 0 Å². The summed E-state index contributed by atoms with van der Waals surface area (Å²) in [7, 11) is 0. The summed E-state index contributed by atoms with van der Waals surface area (Å²) >= 11 is 0. The average molecular weight is 278 g/mol. The highest BCUT2D eigenvalue weighted by molar-refractivity contribution is 5.96. The van der Waals surface area contributed by atoms with Crippen LogP contribution < -0.4 is 9.64 Å². The van der Waals surface area contributed by atoms with E-state index < -0.39 is 0 Å². The van der Waals surface area contributed by atoms with E-state index in [1.54, 1.807) is 0 Å². The highest BCUT2D eigenvalue weighted by atomic mass is 16.5. The lowest BCUT2D eigenvalue weighted by Gasteiger charge is -2.23. The van der Waals surface area contributed by atoms with Crippen molar-refractivity contribution >= 4 is 5.78 Å². The number of ether oxygens (including phenoxy) is 2. The Hall–Kier alpha value is -1.39. The fourth-order valence-corrected chi connectivity index (χ4v) is 2.34. The lowest BCUT2D eigenvalue weighted by atomic mass is 10.1. The standard InChI is InChI=1S/C16H23NO3/c1-13(2)20-15-5-3-14(4-6-15)16(18)7-8-17-9-11-19-12-10-17/h3-6,13H,7-12H2,1-2H3/p+1. The van der Waals surface area contributed by atoms with E-state index in [0.717, 1.165) is 44.2 Å². The molecule has 110 valence electrons. The molecule has 1 aromatic carbocycles. The molecule has 0 aliphatic carbocycles. The summed E-state index contributed by atoms with van der Waals surface area (Å²) in [5, 5.41) is 0. The maximum atomic E-state index is 12.1. The molecule has 1 heterocycles. The number of ketones is 1. The molecular weight excluding hydrogens is 254 g/mol. The van der Waals surface area contributed by atoms with Crippen LogP contribution in [0.1, 0.15) is 30.6 Å². The number of Topliss-reactive ketones (excluding diaryl/α,β-unsaturated/α-hetero) is 1. The van der Waals surface area contributed by atoms with Crippen molar-refractivity contribution in [2.75, 3.05) is 32.8 Å². The van der Waals surface area contributed by atoms with E-state index in [9.17, 15) is 4.79 Å². The Kier molecular flexibility index (Phi) is 5.56. The fraction of sp³-hybridized carbons (Fsp3) is 0.562. The molecule has 1 aromatic rings. The number of hydrogen-bond acceptors (Lipinski definition) is 3. The minimum atomic E-state index is 0.154. The third kappa shape index (κ3) is 4.62. The van der Waals surface area contributed by atoms with Gasteiger partial charge in [-0.3, -0.25) is 4.79 Å². The van der Waals surface area contributed by atoms with E-state index in [4.69, 9.17) is 9.47 Å². The van der Waals surface area contributed by atoms with E-state index in [1.807, 2.05) is 38.1 Å². The molecule has 0 amide bonds. The minimum Gasteiger partial charge on any atom is -0.491 e. The SMILES string of the molecule is CC(C)Oc1ccc(C(=O)CC[NH+]2CCOCC2)cc1. The molecule has 1 saturated heterocycles. The lowest BCUT2D eigenvalue weighted by molar-refractivity contribution is -0.907. The molecule has 0 spiro atoms. The summed E-state index contributed by atoms with van der Waals surface area (Å²) in [6.45, 7) is 8.51. The zero-order valence-corrected chi connectivity index (χ0v) is 12.4. The zero-order chi connectivity index (χ0) is 14.4. The third-order valence-electron chi connectivity index (χ3n) is 3.45. The Morgan fingerprint density at radius 2 is 1.90 bits per heavy atom. The Balaban J connectivity index is 1.82. The smallest absolute Gasteiger partial charge is 0.168 e. The Labute approximate surface area is 120 Å². The van der Waals surface area contributed by atoms with Gasteiger partial charge in [0.25, 0.3) is 0 Å². The zero-order valence-electron chi connectivity index (χ0n) is 12.4. The summed E-state index contributed by atoms with van der Waals surface area (Å²) in [5.41, 5.74) is 0.772. The van der Waals surface area contributed by atoms with E-state index in [0.29, 0.717) is 6.42 Å². The van der Waals surface area contributed by atoms with Crippen LogP contribution in [0.5, 0.6) is 5.75 Å². The van der Waals surface area contributed by atoms with Crippen LogP contribution >= 0.6 is 0 Å². The van der Waals surface area contributed by atoms with Crippen molar-refractivity contribution < 1.29 is 19.2 Å². The molecule has 1 aliphatic heterocycles. The quantitative estimate of drug-likeness (QED) is 0.788. The van der Waals surface area contributed by atoms with Gasteiger partial charge in [-0.05, 0) is 38.1 Å². The fourth-order valence-electron chi connectivity index (χ4n) is 2.34. The van der Waals surface area contributed by atoms with E-state index in [1.165, 1.54) is 4.90 Å². The predicted octanol–water partition coefficient (Wildman–Crippen LogP) is 0.962. The molecule has 1 fully saturated rings. The number of rotatable bonds is 6. The van der Waals surface area contributed by atoms with Crippen LogP contribution in [0.15, 0.2) is 24.3 Å². The van der Waals surface area contributed by atoms with Gasteiger partial charge >= 0.3 is 0 Å². The summed E-state index contributed by atoms with van der Waals surface area (Å²) in [6.07, 6.45) is 0.751. The Morgan fingerprint density at radius 1 is 1.25 bits per heavy atom. The van der Waals surface area contributed by atoms with Crippen molar-refractivity contribution in [3.63, 3.8) is 0 Å². The maximum Gasteiger partial charge on any atom is 0.168 e. The van der Waals surface area contributed by atoms with Gasteiger partial charge in [-0.25, -0.2) is 0 Å². The first-order valence-corrected chi connectivity index (χ1v) is 7.36. The van der Waals surface area contributed by atoms with Gasteiger partial charge in [-0.15, -0.1) is 0 Å². The molecular formula is C16H24NO3+. The van der Waals surface area contributed by atoms with Gasteiger partial charge in [-0.1, -0.05) is 0 Å². The number of quaternary nitrogens is 1. The van der Waals surface area contributed by atoms with Crippen molar-refractivity contribution in [3.8, 4) is 5.75 Å². The summed E-state index contributed by atoms with van der Waals surface area (Å²) in [5.74, 6) is 1.02. The third-order valence-corrected chi connectivity index (χ3v) is 3.45. The largest absolute Gasteiger partial charge is 0.491 e. The molecule has 0 saturated carbocycles. The maximum absolute atomic E-state index is 12.1. The van der Waals surface area contributed by atoms with Gasteiger partial charge < -0.3 is 14.4 Å². The molecule has 0 unspecified atom stereocenters. The molecule has 1 N–H and O–H groups in total. The first-order valence-electron chi connectivity index (χ1n) is 7.36. The molecule has 1 aliphatic rings. The number of nitrogens with one attached hydrogen (secondary N) is 1. The minimum absolute atomic E-state index is 0.154. The van der Waals surface area contributed by atoms with Crippen molar-refractivity contribution in [2.24, 2.45) is 0 Å². The topological polar surface area (TPSA) is 40.0 Å². The summed E-state index contributed by atoms with van der Waals surface area (Å²) < 4.78 is 10.9. The van der Waals surface area contributed by atoms with Gasteiger partial charge in [0, 0.05) is 5.56 Å². The summed E-state index contributed by atoms with van der Waals surface area (Å²) in [6, 6.07) is 7.45. The Morgan fingerprint density at radius 3 is 2.50 bits per heavy atom. The van der Waals surface area contributed by atoms with Crippen LogP contribution in [0.3, 0.4) is 0 Å². The van der Waals surface area contributed by atoms with Gasteiger partial charge in [0.15, 0.2) is 5.78 Å². The van der Waals surface area contributed by atoms with Crippen LogP contribution in [0.4, 0.5) is 0 Å². The molecule has 4 nitrogen and oxygen atoms in total. The second kappa shape index (κ2) is 7.41. The normalized spacial score (nSPS) is 16.4. The molecule has 2 rings (SSSR count). The van der Waals surface area contributed by atoms with Crippen molar-refractivity contribution in [1.82, 2.24) is 0 Å². The molecule has 0 aromatic heterocycles. The van der Waals surface area contributed by atoms with Crippen molar-refractivity contribution in [2.45, 2.75) is 26.4 Å². The second-order valence-electron chi connectivity index (χ2n) is 5.48. The molecule has 0 atom stereocenters. The van der Waals surface area contributed by atoms with E-state index in [2.05, 4.69) is 0 Å². The van der Waals surface area contributed by atoms with Crippen LogP contribution in [0.2, 0.25) is 0 Å². The van der Waals surface area contributed by atoms with Gasteiger partial charge in [0.1, 0.15) is 18.8 Å². The number of carbonyl (C=O) groups excluding carboxylic acids is 1. The van der Waals surface area contributed by atoms with Crippen molar-refractivity contribution in [3.05, 3.63) is 29.8 Å². The van der Waals surface area contributed by atoms with Gasteiger partial charge in [0.2, 0.25) is 0 Å². The Bertz CT molecular complexity index is 422.